The average Bonchev–Trinajstić information content (AvgIpc) is 2.52. The van der Waals surface area contributed by atoms with Crippen LogP contribution < -0.4 is 5.56 Å². The molecule has 24 heavy (non-hydrogen) atoms. The van der Waals surface area contributed by atoms with E-state index in [0.29, 0.717) is 0 Å². The fourth-order valence-electron chi connectivity index (χ4n) is 1.73. The van der Waals surface area contributed by atoms with Gasteiger partial charge in [0.2, 0.25) is 0 Å². The molecule has 0 saturated heterocycles. The minimum absolute atomic E-state index is 0.117. The Labute approximate surface area is 154 Å². The first-order valence-corrected chi connectivity index (χ1v) is 8.71. The lowest BCUT2D eigenvalue weighted by atomic mass is 10.1. The molecule has 2 rings (SSSR count). The fraction of sp³-hybridized carbons (Fsp3) is 0.353. The first-order valence-electron chi connectivity index (χ1n) is 7.21. The van der Waals surface area contributed by atoms with Gasteiger partial charge in [0.05, 0.1) is 11.7 Å². The Bertz CT molecular complexity index is 765. The van der Waals surface area contributed by atoms with Crippen LogP contribution in [-0.4, -0.2) is 20.7 Å². The number of hydrogen-bond donors (Lipinski definition) is 1. The van der Waals surface area contributed by atoms with Gasteiger partial charge in [-0.05, 0) is 33.3 Å². The summed E-state index contributed by atoms with van der Waals surface area (Å²) in [6, 6.07) is 7.59. The Morgan fingerprint density at radius 2 is 1.83 bits per heavy atom. The van der Waals surface area contributed by atoms with Gasteiger partial charge in [0, 0.05) is 10.9 Å². The summed E-state index contributed by atoms with van der Waals surface area (Å²) < 4.78 is 1.23. The van der Waals surface area contributed by atoms with Gasteiger partial charge in [-0.1, -0.05) is 51.8 Å². The third-order valence-electron chi connectivity index (χ3n) is 3.05. The van der Waals surface area contributed by atoms with E-state index in [1.54, 1.807) is 6.92 Å². The number of alkyl halides is 1. The predicted octanol–water partition coefficient (Wildman–Crippen LogP) is 4.14. The number of aromatic hydroxyl groups is 1. The Hall–Kier alpha value is -1.66. The zero-order chi connectivity index (χ0) is 18.5. The summed E-state index contributed by atoms with van der Waals surface area (Å²) in [5.41, 5.74) is 1.05. The van der Waals surface area contributed by atoms with Gasteiger partial charge in [-0.15, -0.1) is 0 Å². The molecule has 0 aliphatic rings. The molecule has 7 heteroatoms. The number of hydrogen-bond acceptors (Lipinski definition) is 4. The highest BCUT2D eigenvalue weighted by atomic mass is 79.9. The maximum absolute atomic E-state index is 11.4. The highest BCUT2D eigenvalue weighted by Crippen LogP contribution is 2.18. The Kier molecular flexibility index (Phi) is 7.17. The van der Waals surface area contributed by atoms with E-state index in [0.717, 1.165) is 17.1 Å². The van der Waals surface area contributed by atoms with E-state index in [-0.39, 0.29) is 16.6 Å². The fourth-order valence-corrected chi connectivity index (χ4v) is 2.23. The molecular formula is C17H20BrClN2O3. The SMILES string of the molecule is CC(=O)c1ccc(CBr)cc1.CC(C)(C)n1ncc(O)c(Cl)c1=O. The summed E-state index contributed by atoms with van der Waals surface area (Å²) in [5.74, 6) is -0.168. The maximum atomic E-state index is 11.4. The highest BCUT2D eigenvalue weighted by Gasteiger charge is 2.18. The topological polar surface area (TPSA) is 72.2 Å². The molecule has 2 aromatic rings. The normalized spacial score (nSPS) is 10.8. The van der Waals surface area contributed by atoms with Gasteiger partial charge in [-0.25, -0.2) is 4.68 Å². The molecule has 1 aromatic carbocycles. The summed E-state index contributed by atoms with van der Waals surface area (Å²) in [6.07, 6.45) is 1.16. The summed E-state index contributed by atoms with van der Waals surface area (Å²) in [5, 5.41) is 13.5. The van der Waals surface area contributed by atoms with Gasteiger partial charge in [0.25, 0.3) is 5.56 Å². The van der Waals surface area contributed by atoms with Gasteiger partial charge >= 0.3 is 0 Å². The number of aromatic nitrogens is 2. The van der Waals surface area contributed by atoms with Crippen molar-refractivity contribution in [2.45, 2.75) is 38.6 Å². The van der Waals surface area contributed by atoms with E-state index >= 15 is 0 Å². The molecule has 0 fully saturated rings. The summed E-state index contributed by atoms with van der Waals surface area (Å²) >= 11 is 8.90. The Morgan fingerprint density at radius 3 is 2.25 bits per heavy atom. The summed E-state index contributed by atoms with van der Waals surface area (Å²) in [7, 11) is 0. The zero-order valence-electron chi connectivity index (χ0n) is 14.0. The molecule has 0 radical (unpaired) electrons. The molecule has 130 valence electrons. The van der Waals surface area contributed by atoms with Crippen LogP contribution in [0.15, 0.2) is 35.3 Å². The van der Waals surface area contributed by atoms with Crippen molar-refractivity contribution >= 4 is 33.3 Å². The molecule has 0 amide bonds. The quantitative estimate of drug-likeness (QED) is 0.591. The highest BCUT2D eigenvalue weighted by molar-refractivity contribution is 9.08. The molecule has 0 aliphatic carbocycles. The van der Waals surface area contributed by atoms with Crippen LogP contribution in [-0.2, 0) is 10.9 Å². The van der Waals surface area contributed by atoms with Crippen molar-refractivity contribution in [2.24, 2.45) is 0 Å². The lowest BCUT2D eigenvalue weighted by Gasteiger charge is -2.20. The van der Waals surface area contributed by atoms with Crippen molar-refractivity contribution < 1.29 is 9.90 Å². The largest absolute Gasteiger partial charge is 0.505 e. The lowest BCUT2D eigenvalue weighted by molar-refractivity contribution is 0.101. The molecule has 5 nitrogen and oxygen atoms in total. The van der Waals surface area contributed by atoms with Gasteiger partial charge in [0.15, 0.2) is 16.6 Å². The lowest BCUT2D eigenvalue weighted by Crippen LogP contribution is -2.35. The van der Waals surface area contributed by atoms with Gasteiger partial charge < -0.3 is 5.11 Å². The van der Waals surface area contributed by atoms with E-state index in [1.807, 2.05) is 45.0 Å². The molecule has 0 spiro atoms. The van der Waals surface area contributed by atoms with E-state index in [4.69, 9.17) is 16.7 Å². The van der Waals surface area contributed by atoms with Gasteiger partial charge in [-0.2, -0.15) is 5.10 Å². The number of ketones is 1. The summed E-state index contributed by atoms with van der Waals surface area (Å²) in [6.45, 7) is 7.06. The van der Waals surface area contributed by atoms with Crippen molar-refractivity contribution in [3.8, 4) is 5.75 Å². The van der Waals surface area contributed by atoms with Crippen molar-refractivity contribution in [2.75, 3.05) is 0 Å². The van der Waals surface area contributed by atoms with Crippen LogP contribution >= 0.6 is 27.5 Å². The van der Waals surface area contributed by atoms with Crippen LogP contribution in [0.25, 0.3) is 0 Å². The van der Waals surface area contributed by atoms with E-state index in [9.17, 15) is 9.59 Å². The molecule has 1 aromatic heterocycles. The van der Waals surface area contributed by atoms with Crippen LogP contribution in [0, 0.1) is 0 Å². The van der Waals surface area contributed by atoms with Crippen molar-refractivity contribution in [3.63, 3.8) is 0 Å². The first kappa shape index (κ1) is 20.4. The van der Waals surface area contributed by atoms with E-state index in [2.05, 4.69) is 21.0 Å². The molecular weight excluding hydrogens is 396 g/mol. The van der Waals surface area contributed by atoms with Crippen LogP contribution in [0.3, 0.4) is 0 Å². The molecule has 0 unspecified atom stereocenters. The number of rotatable bonds is 2. The Morgan fingerprint density at radius 1 is 1.29 bits per heavy atom. The van der Waals surface area contributed by atoms with Gasteiger partial charge in [-0.3, -0.25) is 9.59 Å². The molecule has 1 heterocycles. The van der Waals surface area contributed by atoms with Crippen molar-refractivity contribution in [1.29, 1.82) is 0 Å². The maximum Gasteiger partial charge on any atom is 0.289 e. The minimum atomic E-state index is -0.478. The molecule has 0 aliphatic heterocycles. The molecule has 0 saturated carbocycles. The number of benzene rings is 1. The minimum Gasteiger partial charge on any atom is -0.505 e. The predicted molar refractivity (Wildman–Crippen MR) is 99.2 cm³/mol. The number of Topliss-reactive ketones (excluding diaryl/α,β-unsaturated/α-hetero) is 1. The number of nitrogens with zero attached hydrogens (tertiary/aromatic N) is 2. The van der Waals surface area contributed by atoms with Crippen LogP contribution in [0.1, 0.15) is 43.6 Å². The van der Waals surface area contributed by atoms with Crippen molar-refractivity contribution in [3.05, 3.63) is 57.0 Å². The second-order valence-corrected chi connectivity index (χ2v) is 7.06. The number of carbonyl (C=O) groups excluding carboxylic acids is 1. The number of halogens is 2. The van der Waals surface area contributed by atoms with E-state index < -0.39 is 11.1 Å². The smallest absolute Gasteiger partial charge is 0.289 e. The van der Waals surface area contributed by atoms with Crippen LogP contribution in [0.2, 0.25) is 5.02 Å². The monoisotopic (exact) mass is 414 g/mol. The van der Waals surface area contributed by atoms with Crippen LogP contribution in [0.5, 0.6) is 5.75 Å². The second-order valence-electron chi connectivity index (χ2n) is 6.12. The van der Waals surface area contributed by atoms with E-state index in [1.165, 1.54) is 10.2 Å². The second kappa shape index (κ2) is 8.44. The third kappa shape index (κ3) is 5.46. The third-order valence-corrected chi connectivity index (χ3v) is 4.05. The first-order chi connectivity index (χ1) is 11.1. The van der Waals surface area contributed by atoms with Crippen LogP contribution in [0.4, 0.5) is 0 Å². The van der Waals surface area contributed by atoms with Crippen molar-refractivity contribution in [1.82, 2.24) is 9.78 Å². The Balaban J connectivity index is 0.000000243. The standard InChI is InChI=1S/C9H9BrO.C8H11ClN2O2/c1-7(11)9-4-2-8(6-10)3-5-9;1-8(2,3)11-7(13)6(9)5(12)4-10-11/h2-5H,6H2,1H3;4,12H,1-3H3. The zero-order valence-corrected chi connectivity index (χ0v) is 16.3. The number of carbonyl (C=O) groups is 1. The average molecular weight is 416 g/mol. The van der Waals surface area contributed by atoms with Gasteiger partial charge in [0.1, 0.15) is 0 Å². The summed E-state index contributed by atoms with van der Waals surface area (Å²) in [4.78, 5) is 22.3. The molecule has 0 atom stereocenters. The molecule has 0 bridgehead atoms. The molecule has 1 N–H and O–H groups in total.